The third-order valence-electron chi connectivity index (χ3n) is 6.45. The average Bonchev–Trinajstić information content (AvgIpc) is 3.38. The van der Waals surface area contributed by atoms with Crippen molar-refractivity contribution in [3.05, 3.63) is 102 Å². The number of hydrogen-bond acceptors (Lipinski definition) is 6. The summed E-state index contributed by atoms with van der Waals surface area (Å²) in [6.07, 6.45) is 7.94. The van der Waals surface area contributed by atoms with Gasteiger partial charge in [0.15, 0.2) is 0 Å². The number of imidazole rings is 1. The van der Waals surface area contributed by atoms with Gasteiger partial charge in [0.2, 0.25) is 0 Å². The molecule has 0 unspecified atom stereocenters. The predicted molar refractivity (Wildman–Crippen MR) is 149 cm³/mol. The van der Waals surface area contributed by atoms with Crippen LogP contribution in [0.15, 0.2) is 79.6 Å². The van der Waals surface area contributed by atoms with Crippen molar-refractivity contribution in [3.8, 4) is 0 Å². The van der Waals surface area contributed by atoms with Crippen LogP contribution in [0, 0.1) is 5.82 Å². The Bertz CT molecular complexity index is 1680. The van der Waals surface area contributed by atoms with Crippen molar-refractivity contribution in [3.63, 3.8) is 0 Å². The minimum atomic E-state index is -0.718. The van der Waals surface area contributed by atoms with E-state index in [4.69, 9.17) is 16.3 Å². The number of amides is 3. The number of hydrogen-bond donors (Lipinski definition) is 2. The van der Waals surface area contributed by atoms with Crippen molar-refractivity contribution in [2.45, 2.75) is 19.0 Å². The summed E-state index contributed by atoms with van der Waals surface area (Å²) >= 11 is 6.03. The van der Waals surface area contributed by atoms with Gasteiger partial charge in [-0.15, -0.1) is 0 Å². The molecule has 5 rings (SSSR count). The van der Waals surface area contributed by atoms with Crippen molar-refractivity contribution < 1.29 is 18.7 Å². The number of rotatable bonds is 8. The molecule has 10 nitrogen and oxygen atoms in total. The van der Waals surface area contributed by atoms with Gasteiger partial charge < -0.3 is 19.4 Å². The second-order valence-electron chi connectivity index (χ2n) is 9.04. The Hall–Kier alpha value is -4.77. The molecule has 3 heterocycles. The van der Waals surface area contributed by atoms with E-state index in [1.54, 1.807) is 50.3 Å². The summed E-state index contributed by atoms with van der Waals surface area (Å²) in [5, 5.41) is 7.18. The largest absolute Gasteiger partial charge is 0.447 e. The van der Waals surface area contributed by atoms with Gasteiger partial charge in [-0.25, -0.2) is 23.9 Å². The van der Waals surface area contributed by atoms with Crippen LogP contribution in [0.25, 0.3) is 16.3 Å². The third-order valence-corrected chi connectivity index (χ3v) is 6.87. The van der Waals surface area contributed by atoms with E-state index >= 15 is 0 Å². The van der Waals surface area contributed by atoms with E-state index in [1.165, 1.54) is 17.0 Å². The summed E-state index contributed by atoms with van der Waals surface area (Å²) < 4.78 is 21.1. The number of halogens is 2. The lowest BCUT2D eigenvalue weighted by molar-refractivity contribution is 0.117. The molecule has 0 bridgehead atoms. The summed E-state index contributed by atoms with van der Waals surface area (Å²) in [5.74, 6) is -0.232. The fourth-order valence-electron chi connectivity index (χ4n) is 4.19. The van der Waals surface area contributed by atoms with Crippen molar-refractivity contribution >= 4 is 45.8 Å². The number of likely N-dealkylation sites (N-methyl/N-ethyl adjacent to an activating group) is 1. The Morgan fingerprint density at radius 3 is 2.80 bits per heavy atom. The summed E-state index contributed by atoms with van der Waals surface area (Å²) in [7, 11) is 1.58. The maximum absolute atomic E-state index is 13.8. The molecule has 1 atom stereocenters. The van der Waals surface area contributed by atoms with Crippen LogP contribution in [-0.4, -0.2) is 56.1 Å². The molecule has 3 amide bonds. The van der Waals surface area contributed by atoms with E-state index in [-0.39, 0.29) is 24.6 Å². The summed E-state index contributed by atoms with van der Waals surface area (Å²) in [5.41, 5.74) is 1.87. The molecule has 40 heavy (non-hydrogen) atoms. The lowest BCUT2D eigenvalue weighted by Crippen LogP contribution is -2.47. The van der Waals surface area contributed by atoms with Crippen molar-refractivity contribution in [1.82, 2.24) is 29.6 Å². The zero-order chi connectivity index (χ0) is 28.1. The summed E-state index contributed by atoms with van der Waals surface area (Å²) in [6, 6.07) is 12.7. The standard InChI is InChI=1S/C28H25ClFN7O3/c1-36(27(38)33-14-20-7-4-8-22(30)26(20)29)21(12-23-24-15-31-9-10-37(24)17-34-23)16-40-28(39)35-25-11-18-5-2-3-6-19(18)13-32-25/h2-11,13,15,17,21H,12,14,16H2,1H3,(H,33,38)(H,32,35,39)/t21-/m1/s1. The van der Waals surface area contributed by atoms with E-state index in [0.717, 1.165) is 16.3 Å². The first-order valence-electron chi connectivity index (χ1n) is 12.4. The van der Waals surface area contributed by atoms with E-state index < -0.39 is 24.0 Å². The number of nitrogens with zero attached hydrogens (tertiary/aromatic N) is 5. The monoisotopic (exact) mass is 561 g/mol. The lowest BCUT2D eigenvalue weighted by Gasteiger charge is -2.28. The third kappa shape index (κ3) is 6.10. The first kappa shape index (κ1) is 26.8. The summed E-state index contributed by atoms with van der Waals surface area (Å²) in [6.45, 7) is -0.123. The van der Waals surface area contributed by atoms with Crippen LogP contribution in [-0.2, 0) is 17.7 Å². The number of carbonyl (C=O) groups excluding carboxylic acids is 2. The molecule has 12 heteroatoms. The molecular weight excluding hydrogens is 537 g/mol. The molecule has 5 aromatic rings. The molecule has 0 saturated heterocycles. The second kappa shape index (κ2) is 12.0. The Labute approximate surface area is 233 Å². The SMILES string of the molecule is CN(C(=O)NCc1cccc(F)c1Cl)[C@@H](COC(=O)Nc1cc2ccccc2cn1)Cc1ncn2ccncc12. The molecule has 0 radical (unpaired) electrons. The lowest BCUT2D eigenvalue weighted by atomic mass is 10.1. The van der Waals surface area contributed by atoms with Gasteiger partial charge in [0, 0.05) is 44.0 Å². The van der Waals surface area contributed by atoms with Crippen LogP contribution in [0.2, 0.25) is 5.02 Å². The second-order valence-corrected chi connectivity index (χ2v) is 9.42. The minimum Gasteiger partial charge on any atom is -0.447 e. The highest BCUT2D eigenvalue weighted by Crippen LogP contribution is 2.20. The normalized spacial score (nSPS) is 11.8. The van der Waals surface area contributed by atoms with Gasteiger partial charge in [-0.05, 0) is 23.1 Å². The van der Waals surface area contributed by atoms with Crippen LogP contribution < -0.4 is 10.6 Å². The van der Waals surface area contributed by atoms with E-state index in [9.17, 15) is 14.0 Å². The Morgan fingerprint density at radius 1 is 1.12 bits per heavy atom. The number of aromatic nitrogens is 4. The number of carbonyl (C=O) groups is 2. The van der Waals surface area contributed by atoms with E-state index in [2.05, 4.69) is 25.6 Å². The molecular formula is C28H25ClFN7O3. The fraction of sp³-hybridized carbons (Fsp3) is 0.179. The Morgan fingerprint density at radius 2 is 1.95 bits per heavy atom. The maximum atomic E-state index is 13.8. The van der Waals surface area contributed by atoms with Gasteiger partial charge in [-0.3, -0.25) is 10.3 Å². The van der Waals surface area contributed by atoms with E-state index in [0.29, 0.717) is 17.1 Å². The van der Waals surface area contributed by atoms with Crippen LogP contribution >= 0.6 is 11.6 Å². The Kier molecular flexibility index (Phi) is 8.02. The Balaban J connectivity index is 1.28. The molecule has 0 aliphatic carbocycles. The molecule has 0 spiro atoms. The first-order chi connectivity index (χ1) is 19.4. The zero-order valence-electron chi connectivity index (χ0n) is 21.4. The number of fused-ring (bicyclic) bond motifs is 2. The smallest absolute Gasteiger partial charge is 0.412 e. The topological polar surface area (TPSA) is 114 Å². The van der Waals surface area contributed by atoms with Crippen molar-refractivity contribution in [2.75, 3.05) is 19.0 Å². The molecule has 2 aromatic carbocycles. The van der Waals surface area contributed by atoms with Crippen molar-refractivity contribution in [2.24, 2.45) is 0 Å². The van der Waals surface area contributed by atoms with Crippen LogP contribution in [0.4, 0.5) is 19.8 Å². The summed E-state index contributed by atoms with van der Waals surface area (Å²) in [4.78, 5) is 40.0. The number of ether oxygens (including phenoxy) is 1. The fourth-order valence-corrected chi connectivity index (χ4v) is 4.38. The number of anilines is 1. The molecule has 0 saturated carbocycles. The maximum Gasteiger partial charge on any atom is 0.412 e. The quantitative estimate of drug-likeness (QED) is 0.273. The molecule has 0 aliphatic heterocycles. The number of nitrogens with one attached hydrogen (secondary N) is 2. The average molecular weight is 562 g/mol. The zero-order valence-corrected chi connectivity index (χ0v) is 22.2. The molecule has 3 aromatic heterocycles. The highest BCUT2D eigenvalue weighted by atomic mass is 35.5. The molecule has 0 fully saturated rings. The van der Waals surface area contributed by atoms with Gasteiger partial charge in [0.1, 0.15) is 18.2 Å². The number of benzene rings is 2. The number of pyridine rings is 1. The predicted octanol–water partition coefficient (Wildman–Crippen LogP) is 5.07. The molecule has 204 valence electrons. The number of urea groups is 1. The van der Waals surface area contributed by atoms with Gasteiger partial charge in [0.05, 0.1) is 34.8 Å². The van der Waals surface area contributed by atoms with Gasteiger partial charge in [-0.1, -0.05) is 48.0 Å². The molecule has 2 N–H and O–H groups in total. The van der Waals surface area contributed by atoms with Gasteiger partial charge in [0.25, 0.3) is 0 Å². The van der Waals surface area contributed by atoms with E-state index in [1.807, 2.05) is 28.7 Å². The highest BCUT2D eigenvalue weighted by Gasteiger charge is 2.24. The van der Waals surface area contributed by atoms with Crippen LogP contribution in [0.1, 0.15) is 11.3 Å². The van der Waals surface area contributed by atoms with Crippen molar-refractivity contribution in [1.29, 1.82) is 0 Å². The van der Waals surface area contributed by atoms with Crippen LogP contribution in [0.3, 0.4) is 0 Å². The molecule has 0 aliphatic rings. The highest BCUT2D eigenvalue weighted by molar-refractivity contribution is 6.31. The minimum absolute atomic E-state index is 0.0127. The van der Waals surface area contributed by atoms with Gasteiger partial charge in [-0.2, -0.15) is 0 Å². The van der Waals surface area contributed by atoms with Crippen LogP contribution in [0.5, 0.6) is 0 Å². The first-order valence-corrected chi connectivity index (χ1v) is 12.7. The van der Waals surface area contributed by atoms with Gasteiger partial charge >= 0.3 is 12.1 Å².